The Bertz CT molecular complexity index is 777. The van der Waals surface area contributed by atoms with Gasteiger partial charge < -0.3 is 14.7 Å². The number of carboxylic acids is 1. The normalized spacial score (nSPS) is 28.2. The minimum atomic E-state index is -3.07. The number of aromatic carboxylic acids is 1. The topological polar surface area (TPSA) is 87.2 Å². The Morgan fingerprint density at radius 2 is 2.08 bits per heavy atom. The predicted octanol–water partition coefficient (Wildman–Crippen LogP) is 0.552. The number of likely N-dealkylation sites (tertiary alicyclic amines) is 1. The molecule has 8 heteroatoms. The lowest BCUT2D eigenvalue weighted by Gasteiger charge is -2.25. The number of methoxy groups -OCH3 is 1. The van der Waals surface area contributed by atoms with Crippen molar-refractivity contribution >= 4 is 15.8 Å². The van der Waals surface area contributed by atoms with Crippen LogP contribution in [0.1, 0.15) is 15.9 Å². The second-order valence-corrected chi connectivity index (χ2v) is 9.36. The van der Waals surface area contributed by atoms with Crippen molar-refractivity contribution in [3.8, 4) is 5.75 Å². The minimum Gasteiger partial charge on any atom is -0.496 e. The van der Waals surface area contributed by atoms with Gasteiger partial charge in [-0.15, -0.1) is 0 Å². The zero-order valence-electron chi connectivity index (χ0n) is 14.7. The molecule has 0 bridgehead atoms. The van der Waals surface area contributed by atoms with E-state index in [0.717, 1.165) is 5.56 Å². The zero-order chi connectivity index (χ0) is 18.4. The van der Waals surface area contributed by atoms with E-state index in [0.29, 0.717) is 25.4 Å². The smallest absolute Gasteiger partial charge is 0.339 e. The van der Waals surface area contributed by atoms with Crippen molar-refractivity contribution in [2.45, 2.75) is 17.8 Å². The van der Waals surface area contributed by atoms with Crippen LogP contribution in [0.25, 0.3) is 0 Å². The molecule has 0 radical (unpaired) electrons. The number of hydrogen-bond acceptors (Lipinski definition) is 6. The molecule has 1 aromatic rings. The van der Waals surface area contributed by atoms with Crippen LogP contribution >= 0.6 is 0 Å². The summed E-state index contributed by atoms with van der Waals surface area (Å²) in [7, 11) is 2.22. The first-order valence-corrected chi connectivity index (χ1v) is 9.95. The molecule has 0 saturated carbocycles. The summed E-state index contributed by atoms with van der Waals surface area (Å²) in [5.41, 5.74) is 0.968. The summed E-state index contributed by atoms with van der Waals surface area (Å²) in [5.74, 6) is -0.372. The molecule has 2 aliphatic rings. The van der Waals surface area contributed by atoms with E-state index in [4.69, 9.17) is 4.74 Å². The van der Waals surface area contributed by atoms with Crippen LogP contribution in [-0.4, -0.2) is 80.6 Å². The maximum Gasteiger partial charge on any atom is 0.339 e. The number of fused-ring (bicyclic) bond motifs is 1. The lowest BCUT2D eigenvalue weighted by atomic mass is 10.00. The Labute approximate surface area is 148 Å². The van der Waals surface area contributed by atoms with Crippen LogP contribution in [0.15, 0.2) is 18.2 Å². The van der Waals surface area contributed by atoms with Gasteiger partial charge in [0.25, 0.3) is 0 Å². The highest BCUT2D eigenvalue weighted by atomic mass is 32.2. The Morgan fingerprint density at radius 1 is 1.36 bits per heavy atom. The number of ether oxygens (including phenoxy) is 1. The molecule has 138 valence electrons. The van der Waals surface area contributed by atoms with Crippen LogP contribution in [0, 0.1) is 5.92 Å². The van der Waals surface area contributed by atoms with E-state index in [1.54, 1.807) is 12.1 Å². The average Bonchev–Trinajstić information content (AvgIpc) is 3.06. The van der Waals surface area contributed by atoms with Crippen molar-refractivity contribution in [1.29, 1.82) is 0 Å². The summed E-state index contributed by atoms with van der Waals surface area (Å²) in [6, 6.07) is 5.13. The molecule has 0 amide bonds. The number of carbonyl (C=O) groups is 1. The van der Waals surface area contributed by atoms with Gasteiger partial charge in [0.05, 0.1) is 18.1 Å². The van der Waals surface area contributed by atoms with Gasteiger partial charge in [-0.3, -0.25) is 4.90 Å². The van der Waals surface area contributed by atoms with Crippen molar-refractivity contribution in [3.63, 3.8) is 0 Å². The molecule has 1 N–H and O–H groups in total. The molecule has 2 aliphatic heterocycles. The molecule has 0 aromatic heterocycles. The summed E-state index contributed by atoms with van der Waals surface area (Å²) >= 11 is 0. The fourth-order valence-electron chi connectivity index (χ4n) is 4.05. The molecule has 0 unspecified atom stereocenters. The Balaban J connectivity index is 1.78. The van der Waals surface area contributed by atoms with E-state index < -0.39 is 15.8 Å². The van der Waals surface area contributed by atoms with Crippen LogP contribution in [0.4, 0.5) is 0 Å². The number of carboxylic acid groups (broad SMARTS) is 1. The molecule has 7 nitrogen and oxygen atoms in total. The number of rotatable bonds is 5. The summed E-state index contributed by atoms with van der Waals surface area (Å²) < 4.78 is 30.0. The fourth-order valence-corrected chi connectivity index (χ4v) is 6.56. The van der Waals surface area contributed by atoms with Crippen LogP contribution in [0.5, 0.6) is 5.75 Å². The number of hydrogen-bond donors (Lipinski definition) is 1. The lowest BCUT2D eigenvalue weighted by Crippen LogP contribution is -2.37. The molecule has 2 fully saturated rings. The van der Waals surface area contributed by atoms with Crippen molar-refractivity contribution < 1.29 is 23.1 Å². The van der Waals surface area contributed by atoms with Crippen molar-refractivity contribution in [1.82, 2.24) is 9.80 Å². The third-order valence-electron chi connectivity index (χ3n) is 5.31. The molecule has 2 saturated heterocycles. The third kappa shape index (κ3) is 3.38. The second-order valence-electron chi connectivity index (χ2n) is 7.10. The third-order valence-corrected chi connectivity index (χ3v) is 7.53. The molecule has 3 rings (SSSR count). The highest BCUT2D eigenvalue weighted by Gasteiger charge is 2.52. The van der Waals surface area contributed by atoms with Gasteiger partial charge in [0.1, 0.15) is 11.3 Å². The van der Waals surface area contributed by atoms with Gasteiger partial charge in [-0.1, -0.05) is 6.07 Å². The summed E-state index contributed by atoms with van der Waals surface area (Å²) in [5, 5.41) is 8.98. The summed E-state index contributed by atoms with van der Waals surface area (Å²) in [4.78, 5) is 15.5. The Morgan fingerprint density at radius 3 is 2.68 bits per heavy atom. The fraction of sp³-hybridized carbons (Fsp3) is 0.588. The number of benzene rings is 1. The quantitative estimate of drug-likeness (QED) is 0.812. The lowest BCUT2D eigenvalue weighted by molar-refractivity contribution is 0.0693. The van der Waals surface area contributed by atoms with E-state index in [-0.39, 0.29) is 28.5 Å². The molecule has 0 aliphatic carbocycles. The molecule has 2 heterocycles. The van der Waals surface area contributed by atoms with E-state index >= 15 is 0 Å². The second kappa shape index (κ2) is 6.59. The van der Waals surface area contributed by atoms with Crippen molar-refractivity contribution in [2.24, 2.45) is 5.92 Å². The first-order valence-electron chi connectivity index (χ1n) is 8.23. The number of sulfone groups is 1. The summed E-state index contributed by atoms with van der Waals surface area (Å²) in [6.45, 7) is 1.75. The van der Waals surface area contributed by atoms with Gasteiger partial charge in [-0.2, -0.15) is 0 Å². The van der Waals surface area contributed by atoms with Gasteiger partial charge in [-0.05, 0) is 31.8 Å². The number of nitrogens with zero attached hydrogens (tertiary/aromatic N) is 2. The maximum absolute atomic E-state index is 12.4. The van der Waals surface area contributed by atoms with Crippen LogP contribution in [0.3, 0.4) is 0 Å². The van der Waals surface area contributed by atoms with Gasteiger partial charge >= 0.3 is 5.97 Å². The minimum absolute atomic E-state index is 0.0467. The highest BCUT2D eigenvalue weighted by molar-refractivity contribution is 7.92. The van der Waals surface area contributed by atoms with E-state index in [2.05, 4.69) is 4.90 Å². The molecular formula is C17H24N2O5S. The first kappa shape index (κ1) is 18.2. The van der Waals surface area contributed by atoms with Gasteiger partial charge in [0.2, 0.25) is 0 Å². The Hall–Kier alpha value is -1.64. The summed E-state index contributed by atoms with van der Waals surface area (Å²) in [6.07, 6.45) is 0. The van der Waals surface area contributed by atoms with Crippen LogP contribution in [-0.2, 0) is 16.4 Å². The van der Waals surface area contributed by atoms with Crippen LogP contribution < -0.4 is 4.74 Å². The largest absolute Gasteiger partial charge is 0.496 e. The molecule has 25 heavy (non-hydrogen) atoms. The van der Waals surface area contributed by atoms with E-state index in [9.17, 15) is 18.3 Å². The highest BCUT2D eigenvalue weighted by Crippen LogP contribution is 2.36. The van der Waals surface area contributed by atoms with Gasteiger partial charge in [-0.25, -0.2) is 13.2 Å². The first-order chi connectivity index (χ1) is 11.7. The van der Waals surface area contributed by atoms with Crippen molar-refractivity contribution in [2.75, 3.05) is 40.0 Å². The SMILES string of the molecule is COc1ccc(CN2C[C@H]3[C@H](N(C)C)CS(=O)(=O)[C@H]3C2)cc1C(=O)O. The molecule has 1 aromatic carbocycles. The van der Waals surface area contributed by atoms with Crippen LogP contribution in [0.2, 0.25) is 0 Å². The zero-order valence-corrected chi connectivity index (χ0v) is 15.5. The maximum atomic E-state index is 12.4. The molecule has 0 spiro atoms. The Kier molecular flexibility index (Phi) is 4.78. The van der Waals surface area contributed by atoms with Crippen molar-refractivity contribution in [3.05, 3.63) is 29.3 Å². The van der Waals surface area contributed by atoms with E-state index in [1.807, 2.05) is 25.1 Å². The van der Waals surface area contributed by atoms with Gasteiger partial charge in [0, 0.05) is 31.6 Å². The van der Waals surface area contributed by atoms with Gasteiger partial charge in [0.15, 0.2) is 9.84 Å². The molecule has 3 atom stereocenters. The predicted molar refractivity (Wildman–Crippen MR) is 93.8 cm³/mol. The van der Waals surface area contributed by atoms with E-state index in [1.165, 1.54) is 7.11 Å². The average molecular weight is 368 g/mol. The molecular weight excluding hydrogens is 344 g/mol. The standard InChI is InChI=1S/C17H24N2O5S/c1-18(2)14-10-25(22,23)16-9-19(8-13(14)16)7-11-4-5-15(24-3)12(6-11)17(20)21/h4-6,13-14,16H,7-10H2,1-3H3,(H,20,21)/t13-,14+,16-/m0/s1. The monoisotopic (exact) mass is 368 g/mol.